The van der Waals surface area contributed by atoms with E-state index in [1.54, 1.807) is 13.8 Å². The van der Waals surface area contributed by atoms with Crippen molar-refractivity contribution in [2.75, 3.05) is 0 Å². The van der Waals surface area contributed by atoms with Crippen molar-refractivity contribution in [1.82, 2.24) is 0 Å². The third-order valence-corrected chi connectivity index (χ3v) is 4.34. The van der Waals surface area contributed by atoms with Crippen LogP contribution < -0.4 is 0 Å². The van der Waals surface area contributed by atoms with Crippen LogP contribution in [-0.4, -0.2) is 11.6 Å². The maximum Gasteiger partial charge on any atom is 0.259 e. The van der Waals surface area contributed by atoms with E-state index in [9.17, 15) is 8.78 Å². The van der Waals surface area contributed by atoms with Crippen LogP contribution in [0.3, 0.4) is 0 Å². The van der Waals surface area contributed by atoms with Gasteiger partial charge in [-0.1, -0.05) is 37.3 Å². The van der Waals surface area contributed by atoms with Crippen molar-refractivity contribution in [2.45, 2.75) is 53.1 Å². The van der Waals surface area contributed by atoms with Gasteiger partial charge in [0.15, 0.2) is 0 Å². The summed E-state index contributed by atoms with van der Waals surface area (Å²) in [5.41, 5.74) is 1.20. The zero-order valence-corrected chi connectivity index (χ0v) is 13.6. The average molecular weight is 307 g/mol. The second-order valence-corrected chi connectivity index (χ2v) is 6.04. The summed E-state index contributed by atoms with van der Waals surface area (Å²) in [5.74, 6) is -1.96. The van der Waals surface area contributed by atoms with Crippen LogP contribution in [0.25, 0.3) is 0 Å². The molecule has 1 aliphatic carbocycles. The van der Waals surface area contributed by atoms with E-state index < -0.39 is 11.3 Å². The first-order chi connectivity index (χ1) is 10.3. The van der Waals surface area contributed by atoms with Gasteiger partial charge in [-0.3, -0.25) is 4.99 Å². The van der Waals surface area contributed by atoms with Crippen molar-refractivity contribution in [2.24, 2.45) is 10.4 Å². The molecule has 0 aromatic heterocycles. The molecule has 1 atom stereocenters. The first-order valence-electron chi connectivity index (χ1n) is 7.60. The molecule has 1 unspecified atom stereocenters. The molecule has 1 aliphatic rings. The van der Waals surface area contributed by atoms with Gasteiger partial charge in [-0.05, 0) is 32.8 Å². The molecular weight excluding hydrogens is 284 g/mol. The van der Waals surface area contributed by atoms with Crippen molar-refractivity contribution in [3.8, 4) is 0 Å². The van der Waals surface area contributed by atoms with Gasteiger partial charge in [0.1, 0.15) is 12.4 Å². The zero-order chi connectivity index (χ0) is 16.4. The first-order valence-corrected chi connectivity index (χ1v) is 7.60. The fraction of sp³-hybridized carbons (Fsp3) is 0.500. The van der Waals surface area contributed by atoms with E-state index in [1.807, 2.05) is 44.2 Å². The Morgan fingerprint density at radius 1 is 1.23 bits per heavy atom. The summed E-state index contributed by atoms with van der Waals surface area (Å²) in [6.07, 6.45) is 0.416. The number of hydrogen-bond donors (Lipinski definition) is 0. The number of alkyl halides is 2. The van der Waals surface area contributed by atoms with E-state index in [1.165, 1.54) is 0 Å². The van der Waals surface area contributed by atoms with Gasteiger partial charge in [-0.15, -0.1) is 0 Å². The van der Waals surface area contributed by atoms with Crippen LogP contribution in [0.2, 0.25) is 0 Å². The summed E-state index contributed by atoms with van der Waals surface area (Å²) < 4.78 is 32.7. The molecule has 0 aliphatic heterocycles. The van der Waals surface area contributed by atoms with Crippen molar-refractivity contribution in [1.29, 1.82) is 0 Å². The number of aliphatic imine (C=N–C) groups is 1. The van der Waals surface area contributed by atoms with Gasteiger partial charge in [0, 0.05) is 12.1 Å². The van der Waals surface area contributed by atoms with Crippen LogP contribution in [-0.2, 0) is 11.3 Å². The van der Waals surface area contributed by atoms with Gasteiger partial charge in [0.25, 0.3) is 5.92 Å². The Hall–Kier alpha value is -1.71. The number of allylic oxidation sites excluding steroid dienone is 2. The molecule has 1 aromatic rings. The third-order valence-electron chi connectivity index (χ3n) is 4.34. The van der Waals surface area contributed by atoms with Crippen LogP contribution in [0, 0.1) is 5.41 Å². The zero-order valence-electron chi connectivity index (χ0n) is 13.6. The SMILES string of the molecule is CCC(=N/C(C)=C(\C)OCc1ccccc1)C1(C)CC1(F)F. The lowest BCUT2D eigenvalue weighted by atomic mass is 9.99. The fourth-order valence-corrected chi connectivity index (χ4v) is 2.46. The summed E-state index contributed by atoms with van der Waals surface area (Å²) in [4.78, 5) is 4.43. The molecule has 1 fully saturated rings. The molecule has 2 nitrogen and oxygen atoms in total. The molecular formula is C18H23F2NO. The van der Waals surface area contributed by atoms with Crippen molar-refractivity contribution < 1.29 is 13.5 Å². The fourth-order valence-electron chi connectivity index (χ4n) is 2.46. The molecule has 0 heterocycles. The predicted octanol–water partition coefficient (Wildman–Crippen LogP) is 5.35. The molecule has 1 saturated carbocycles. The standard InChI is InChI=1S/C18H23F2NO/c1-5-16(17(4)12-18(17,19)20)21-13(2)14(3)22-11-15-9-7-6-8-10-15/h6-10H,5,11-12H2,1-4H3/b14-13+,21-16?. The lowest BCUT2D eigenvalue weighted by Gasteiger charge is -2.14. The highest BCUT2D eigenvalue weighted by atomic mass is 19.3. The van der Waals surface area contributed by atoms with E-state index in [0.29, 0.717) is 30.2 Å². The van der Waals surface area contributed by atoms with Gasteiger partial charge in [0.05, 0.1) is 11.1 Å². The highest BCUT2D eigenvalue weighted by molar-refractivity contribution is 5.94. The second-order valence-electron chi connectivity index (χ2n) is 6.04. The minimum Gasteiger partial charge on any atom is -0.492 e. The maximum absolute atomic E-state index is 13.5. The Kier molecular flexibility index (Phi) is 4.69. The van der Waals surface area contributed by atoms with Gasteiger partial charge < -0.3 is 4.74 Å². The van der Waals surface area contributed by atoms with E-state index in [2.05, 4.69) is 4.99 Å². The molecule has 1 aromatic carbocycles. The monoisotopic (exact) mass is 307 g/mol. The molecule has 22 heavy (non-hydrogen) atoms. The predicted molar refractivity (Wildman–Crippen MR) is 85.0 cm³/mol. The van der Waals surface area contributed by atoms with Crippen LogP contribution in [0.4, 0.5) is 8.78 Å². The highest BCUT2D eigenvalue weighted by Crippen LogP contribution is 2.61. The van der Waals surface area contributed by atoms with Gasteiger partial charge in [-0.25, -0.2) is 8.78 Å². The Morgan fingerprint density at radius 3 is 2.32 bits per heavy atom. The van der Waals surface area contributed by atoms with E-state index in [-0.39, 0.29) is 6.42 Å². The minimum atomic E-state index is -2.62. The molecule has 0 saturated heterocycles. The number of nitrogens with zero attached hydrogens (tertiary/aromatic N) is 1. The Morgan fingerprint density at radius 2 is 1.82 bits per heavy atom. The summed E-state index contributed by atoms with van der Waals surface area (Å²) in [6, 6.07) is 9.82. The van der Waals surface area contributed by atoms with Crippen molar-refractivity contribution in [3.05, 3.63) is 47.4 Å². The smallest absolute Gasteiger partial charge is 0.259 e. The molecule has 0 radical (unpaired) electrons. The summed E-state index contributed by atoms with van der Waals surface area (Å²) in [5, 5.41) is 0. The topological polar surface area (TPSA) is 21.6 Å². The van der Waals surface area contributed by atoms with Crippen LogP contribution >= 0.6 is 0 Å². The molecule has 4 heteroatoms. The van der Waals surface area contributed by atoms with Crippen molar-refractivity contribution >= 4 is 5.71 Å². The first kappa shape index (κ1) is 16.7. The average Bonchev–Trinajstić information content (AvgIpc) is 3.02. The molecule has 120 valence electrons. The maximum atomic E-state index is 13.5. The number of rotatable bonds is 6. The second kappa shape index (κ2) is 6.19. The molecule has 2 rings (SSSR count). The Labute approximate surface area is 130 Å². The minimum absolute atomic E-state index is 0.107. The molecule has 0 amide bonds. The molecule has 0 N–H and O–H groups in total. The highest BCUT2D eigenvalue weighted by Gasteiger charge is 2.70. The quantitative estimate of drug-likeness (QED) is 0.513. The van der Waals surface area contributed by atoms with E-state index >= 15 is 0 Å². The Balaban J connectivity index is 2.08. The number of benzene rings is 1. The van der Waals surface area contributed by atoms with Crippen LogP contribution in [0.15, 0.2) is 46.8 Å². The van der Waals surface area contributed by atoms with E-state index in [0.717, 1.165) is 5.56 Å². The molecule has 0 spiro atoms. The number of halogens is 2. The number of hydrogen-bond acceptors (Lipinski definition) is 2. The summed E-state index contributed by atoms with van der Waals surface area (Å²) in [6.45, 7) is 7.53. The number of ether oxygens (including phenoxy) is 1. The third kappa shape index (κ3) is 3.37. The van der Waals surface area contributed by atoms with Gasteiger partial charge in [0.2, 0.25) is 0 Å². The Bertz CT molecular complexity index is 592. The van der Waals surface area contributed by atoms with Crippen LogP contribution in [0.5, 0.6) is 0 Å². The van der Waals surface area contributed by atoms with Crippen molar-refractivity contribution in [3.63, 3.8) is 0 Å². The lowest BCUT2D eigenvalue weighted by Crippen LogP contribution is -2.19. The summed E-state index contributed by atoms with van der Waals surface area (Å²) >= 11 is 0. The lowest BCUT2D eigenvalue weighted by molar-refractivity contribution is 0.0890. The molecule has 0 bridgehead atoms. The largest absolute Gasteiger partial charge is 0.492 e. The normalized spacial score (nSPS) is 24.7. The van der Waals surface area contributed by atoms with Crippen LogP contribution in [0.1, 0.15) is 46.1 Å². The summed E-state index contributed by atoms with van der Waals surface area (Å²) in [7, 11) is 0. The van der Waals surface area contributed by atoms with E-state index in [4.69, 9.17) is 4.74 Å². The van der Waals surface area contributed by atoms with Gasteiger partial charge in [-0.2, -0.15) is 0 Å². The van der Waals surface area contributed by atoms with Gasteiger partial charge >= 0.3 is 0 Å².